The second-order valence-electron chi connectivity index (χ2n) is 5.71. The third-order valence-corrected chi connectivity index (χ3v) is 4.28. The summed E-state index contributed by atoms with van der Waals surface area (Å²) in [5.41, 5.74) is 0.478. The normalized spacial score (nSPS) is 18.5. The molecular weight excluding hydrogens is 254 g/mol. The van der Waals surface area contributed by atoms with Crippen molar-refractivity contribution in [2.75, 3.05) is 7.11 Å². The summed E-state index contributed by atoms with van der Waals surface area (Å²) in [6.07, 6.45) is 9.56. The highest BCUT2D eigenvalue weighted by molar-refractivity contribution is 5.88. The first kappa shape index (κ1) is 15.1. The molecule has 4 nitrogen and oxygen atoms in total. The Hall–Kier alpha value is -1.29. The Morgan fingerprint density at radius 3 is 2.75 bits per heavy atom. The van der Waals surface area contributed by atoms with Gasteiger partial charge in [-0.25, -0.2) is 4.79 Å². The molecule has 1 heterocycles. The maximum absolute atomic E-state index is 11.3. The first-order valence-electron chi connectivity index (χ1n) is 7.60. The highest BCUT2D eigenvalue weighted by atomic mass is 16.5. The zero-order chi connectivity index (χ0) is 14.4. The van der Waals surface area contributed by atoms with Crippen LogP contribution in [0.15, 0.2) is 16.7 Å². The van der Waals surface area contributed by atoms with Crippen LogP contribution >= 0.6 is 0 Å². The number of carbonyl (C=O) groups is 1. The first-order chi connectivity index (χ1) is 9.70. The van der Waals surface area contributed by atoms with Gasteiger partial charge in [0.05, 0.1) is 19.2 Å². The largest absolute Gasteiger partial charge is 0.467 e. The molecule has 0 amide bonds. The predicted molar refractivity (Wildman–Crippen MR) is 77.5 cm³/mol. The molecule has 112 valence electrons. The van der Waals surface area contributed by atoms with Crippen molar-refractivity contribution in [2.45, 2.75) is 58.0 Å². The number of carbonyl (C=O) groups excluding carboxylic acids is 1. The minimum Gasteiger partial charge on any atom is -0.467 e. The standard InChI is InChI=1S/C16H25NO3/c1-12(13-7-5-3-4-6-8-13)17-10-15-9-14(11-20-15)16(18)19-2/h9,11-13,17H,3-8,10H2,1-2H3/t12-/m1/s1. The van der Waals surface area contributed by atoms with E-state index in [1.165, 1.54) is 51.9 Å². The number of rotatable bonds is 5. The van der Waals surface area contributed by atoms with E-state index in [2.05, 4.69) is 17.0 Å². The number of esters is 1. The van der Waals surface area contributed by atoms with Gasteiger partial charge in [-0.05, 0) is 31.7 Å². The molecule has 0 bridgehead atoms. The van der Waals surface area contributed by atoms with Crippen LogP contribution in [0.1, 0.15) is 61.6 Å². The maximum atomic E-state index is 11.3. The average Bonchev–Trinajstić information content (AvgIpc) is 2.77. The topological polar surface area (TPSA) is 51.5 Å². The lowest BCUT2D eigenvalue weighted by atomic mass is 9.93. The molecule has 0 radical (unpaired) electrons. The molecule has 1 saturated carbocycles. The van der Waals surface area contributed by atoms with Crippen LogP contribution in [0.5, 0.6) is 0 Å². The Morgan fingerprint density at radius 2 is 2.10 bits per heavy atom. The van der Waals surface area contributed by atoms with E-state index in [0.29, 0.717) is 18.2 Å². The fourth-order valence-corrected chi connectivity index (χ4v) is 2.94. The van der Waals surface area contributed by atoms with Crippen molar-refractivity contribution in [1.29, 1.82) is 0 Å². The second kappa shape index (κ2) is 7.48. The van der Waals surface area contributed by atoms with Gasteiger partial charge in [0, 0.05) is 6.04 Å². The fraction of sp³-hybridized carbons (Fsp3) is 0.688. The number of hydrogen-bond donors (Lipinski definition) is 1. The van der Waals surface area contributed by atoms with Gasteiger partial charge in [-0.15, -0.1) is 0 Å². The summed E-state index contributed by atoms with van der Waals surface area (Å²) in [6, 6.07) is 2.23. The highest BCUT2D eigenvalue weighted by Crippen LogP contribution is 2.25. The van der Waals surface area contributed by atoms with Crippen molar-refractivity contribution in [3.05, 3.63) is 23.7 Å². The molecule has 1 aliphatic rings. The minimum atomic E-state index is -0.350. The van der Waals surface area contributed by atoms with E-state index in [1.807, 2.05) is 0 Å². The molecule has 0 saturated heterocycles. The Balaban J connectivity index is 1.81. The number of ether oxygens (including phenoxy) is 1. The van der Waals surface area contributed by atoms with E-state index in [9.17, 15) is 4.79 Å². The molecule has 0 aliphatic heterocycles. The van der Waals surface area contributed by atoms with Crippen molar-refractivity contribution in [3.63, 3.8) is 0 Å². The molecule has 1 aliphatic carbocycles. The van der Waals surface area contributed by atoms with E-state index in [4.69, 9.17) is 4.42 Å². The maximum Gasteiger partial charge on any atom is 0.341 e. The SMILES string of the molecule is COC(=O)c1coc(CN[C@H](C)C2CCCCCC2)c1. The monoisotopic (exact) mass is 279 g/mol. The zero-order valence-electron chi connectivity index (χ0n) is 12.5. The summed E-state index contributed by atoms with van der Waals surface area (Å²) in [6.45, 7) is 2.91. The van der Waals surface area contributed by atoms with Gasteiger partial charge in [0.25, 0.3) is 0 Å². The Bertz CT molecular complexity index is 419. The van der Waals surface area contributed by atoms with E-state index in [0.717, 1.165) is 11.7 Å². The smallest absolute Gasteiger partial charge is 0.341 e. The zero-order valence-corrected chi connectivity index (χ0v) is 12.5. The third kappa shape index (κ3) is 4.10. The molecule has 20 heavy (non-hydrogen) atoms. The molecular formula is C16H25NO3. The van der Waals surface area contributed by atoms with Gasteiger partial charge in [0.15, 0.2) is 0 Å². The van der Waals surface area contributed by atoms with E-state index < -0.39 is 0 Å². The van der Waals surface area contributed by atoms with Gasteiger partial charge in [-0.1, -0.05) is 25.7 Å². The van der Waals surface area contributed by atoms with Gasteiger partial charge < -0.3 is 14.5 Å². The Labute approximate surface area is 120 Å². The summed E-state index contributed by atoms with van der Waals surface area (Å²) in [4.78, 5) is 11.3. The average molecular weight is 279 g/mol. The van der Waals surface area contributed by atoms with Gasteiger partial charge in [-0.2, -0.15) is 0 Å². The van der Waals surface area contributed by atoms with Crippen LogP contribution in [-0.4, -0.2) is 19.1 Å². The number of furan rings is 1. The summed E-state index contributed by atoms with van der Waals surface area (Å²) in [5.74, 6) is 1.19. The molecule has 4 heteroatoms. The fourth-order valence-electron chi connectivity index (χ4n) is 2.94. The molecule has 0 spiro atoms. The van der Waals surface area contributed by atoms with E-state index >= 15 is 0 Å². The number of methoxy groups -OCH3 is 1. The van der Waals surface area contributed by atoms with Crippen molar-refractivity contribution in [1.82, 2.24) is 5.32 Å². The lowest BCUT2D eigenvalue weighted by Crippen LogP contribution is -2.32. The molecule has 0 aromatic carbocycles. The van der Waals surface area contributed by atoms with Gasteiger partial charge >= 0.3 is 5.97 Å². The van der Waals surface area contributed by atoms with Crippen LogP contribution in [0.2, 0.25) is 0 Å². The molecule has 1 atom stereocenters. The summed E-state index contributed by atoms with van der Waals surface area (Å²) in [5, 5.41) is 3.52. The number of nitrogens with one attached hydrogen (secondary N) is 1. The van der Waals surface area contributed by atoms with E-state index in [-0.39, 0.29) is 5.97 Å². The second-order valence-corrected chi connectivity index (χ2v) is 5.71. The lowest BCUT2D eigenvalue weighted by Gasteiger charge is -2.23. The van der Waals surface area contributed by atoms with Crippen LogP contribution in [0, 0.1) is 5.92 Å². The summed E-state index contributed by atoms with van der Waals surface area (Å²) < 4.78 is 10.1. The summed E-state index contributed by atoms with van der Waals surface area (Å²) >= 11 is 0. The van der Waals surface area contributed by atoms with Crippen LogP contribution < -0.4 is 5.32 Å². The van der Waals surface area contributed by atoms with Crippen LogP contribution in [0.3, 0.4) is 0 Å². The summed E-state index contributed by atoms with van der Waals surface area (Å²) in [7, 11) is 1.38. The molecule has 0 unspecified atom stereocenters. The molecule has 1 aromatic rings. The van der Waals surface area contributed by atoms with Crippen LogP contribution in [0.4, 0.5) is 0 Å². The van der Waals surface area contributed by atoms with Crippen molar-refractivity contribution in [2.24, 2.45) is 5.92 Å². The van der Waals surface area contributed by atoms with Crippen LogP contribution in [0.25, 0.3) is 0 Å². The first-order valence-corrected chi connectivity index (χ1v) is 7.60. The van der Waals surface area contributed by atoms with Crippen LogP contribution in [-0.2, 0) is 11.3 Å². The minimum absolute atomic E-state index is 0.350. The van der Waals surface area contributed by atoms with Crippen molar-refractivity contribution >= 4 is 5.97 Å². The Kier molecular flexibility index (Phi) is 5.65. The highest BCUT2D eigenvalue weighted by Gasteiger charge is 2.19. The van der Waals surface area contributed by atoms with Crippen molar-refractivity contribution in [3.8, 4) is 0 Å². The molecule has 1 fully saturated rings. The predicted octanol–water partition coefficient (Wildman–Crippen LogP) is 3.51. The van der Waals surface area contributed by atoms with E-state index in [1.54, 1.807) is 6.07 Å². The molecule has 1 aromatic heterocycles. The Morgan fingerprint density at radius 1 is 1.40 bits per heavy atom. The third-order valence-electron chi connectivity index (χ3n) is 4.28. The number of hydrogen-bond acceptors (Lipinski definition) is 4. The quantitative estimate of drug-likeness (QED) is 0.662. The lowest BCUT2D eigenvalue weighted by molar-refractivity contribution is 0.0600. The van der Waals surface area contributed by atoms with Gasteiger partial charge in [-0.3, -0.25) is 0 Å². The van der Waals surface area contributed by atoms with Gasteiger partial charge in [0.2, 0.25) is 0 Å². The van der Waals surface area contributed by atoms with Gasteiger partial charge in [0.1, 0.15) is 12.0 Å². The van der Waals surface area contributed by atoms with Crippen molar-refractivity contribution < 1.29 is 13.9 Å². The molecule has 1 N–H and O–H groups in total. The molecule has 2 rings (SSSR count).